The van der Waals surface area contributed by atoms with E-state index in [4.69, 9.17) is 4.74 Å². The molecule has 1 amide bonds. The molecular weight excluding hydrogens is 304 g/mol. The van der Waals surface area contributed by atoms with Crippen molar-refractivity contribution in [2.45, 2.75) is 20.5 Å². The number of methoxy groups -OCH3 is 1. The van der Waals surface area contributed by atoms with Crippen molar-refractivity contribution in [3.05, 3.63) is 53.1 Å². The van der Waals surface area contributed by atoms with Crippen LogP contribution in [0.4, 0.5) is 14.5 Å². The molecular formula is C17H17F2NO3. The Morgan fingerprint density at radius 2 is 1.83 bits per heavy atom. The normalized spacial score (nSPS) is 10.5. The largest absolute Gasteiger partial charge is 0.493 e. The standard InChI is InChI=1S/C17H17F2NO3/c1-10-4-6-13(11(2)8-10)20-16(21)12-5-7-14(22-3)15(9-12)23-17(18)19/h4-9,17H,1-3H3,(H,20,21). The van der Waals surface area contributed by atoms with Gasteiger partial charge in [-0.1, -0.05) is 17.7 Å². The van der Waals surface area contributed by atoms with E-state index in [0.717, 1.165) is 11.1 Å². The molecule has 0 aliphatic heterocycles. The summed E-state index contributed by atoms with van der Waals surface area (Å²) in [6.45, 7) is 0.833. The summed E-state index contributed by atoms with van der Waals surface area (Å²) in [5, 5.41) is 2.75. The van der Waals surface area contributed by atoms with Crippen LogP contribution in [0.1, 0.15) is 21.5 Å². The second-order valence-electron chi connectivity index (χ2n) is 5.02. The number of halogens is 2. The van der Waals surface area contributed by atoms with Gasteiger partial charge in [0.2, 0.25) is 0 Å². The molecule has 0 saturated carbocycles. The Hall–Kier alpha value is -2.63. The molecule has 2 aromatic rings. The summed E-state index contributed by atoms with van der Waals surface area (Å²) < 4.78 is 34.2. The predicted octanol–water partition coefficient (Wildman–Crippen LogP) is 4.17. The van der Waals surface area contributed by atoms with Crippen molar-refractivity contribution in [2.24, 2.45) is 0 Å². The molecule has 2 aromatic carbocycles. The fourth-order valence-corrected chi connectivity index (χ4v) is 2.15. The number of carbonyl (C=O) groups excluding carboxylic acids is 1. The topological polar surface area (TPSA) is 47.6 Å². The van der Waals surface area contributed by atoms with E-state index in [1.165, 1.54) is 25.3 Å². The average molecular weight is 321 g/mol. The number of alkyl halides is 2. The molecule has 0 unspecified atom stereocenters. The zero-order valence-electron chi connectivity index (χ0n) is 13.0. The SMILES string of the molecule is COc1ccc(C(=O)Nc2ccc(C)cc2C)cc1OC(F)F. The Labute approximate surface area is 133 Å². The molecule has 0 spiro atoms. The number of rotatable bonds is 5. The molecule has 0 radical (unpaired) electrons. The lowest BCUT2D eigenvalue weighted by atomic mass is 10.1. The Kier molecular flexibility index (Phi) is 5.16. The fraction of sp³-hybridized carbons (Fsp3) is 0.235. The van der Waals surface area contributed by atoms with Crippen molar-refractivity contribution < 1.29 is 23.0 Å². The maximum Gasteiger partial charge on any atom is 0.387 e. The second-order valence-corrected chi connectivity index (χ2v) is 5.02. The van der Waals surface area contributed by atoms with Crippen LogP contribution in [0.5, 0.6) is 11.5 Å². The van der Waals surface area contributed by atoms with Crippen LogP contribution in [0.2, 0.25) is 0 Å². The van der Waals surface area contributed by atoms with E-state index in [9.17, 15) is 13.6 Å². The first-order chi connectivity index (χ1) is 10.9. The van der Waals surface area contributed by atoms with E-state index in [1.54, 1.807) is 6.07 Å². The van der Waals surface area contributed by atoms with Crippen LogP contribution < -0.4 is 14.8 Å². The minimum atomic E-state index is -3.00. The van der Waals surface area contributed by atoms with E-state index >= 15 is 0 Å². The van der Waals surface area contributed by atoms with Crippen molar-refractivity contribution in [1.82, 2.24) is 0 Å². The Balaban J connectivity index is 2.25. The van der Waals surface area contributed by atoms with Gasteiger partial charge in [-0.05, 0) is 43.7 Å². The summed E-state index contributed by atoms with van der Waals surface area (Å²) in [6.07, 6.45) is 0. The van der Waals surface area contributed by atoms with Crippen LogP contribution in [0.25, 0.3) is 0 Å². The van der Waals surface area contributed by atoms with Crippen molar-refractivity contribution in [2.75, 3.05) is 12.4 Å². The zero-order valence-corrected chi connectivity index (χ0v) is 13.0. The zero-order chi connectivity index (χ0) is 17.0. The number of aryl methyl sites for hydroxylation is 2. The summed E-state index contributed by atoms with van der Waals surface area (Å²) in [6, 6.07) is 9.73. The van der Waals surface area contributed by atoms with Crippen molar-refractivity contribution in [3.63, 3.8) is 0 Å². The molecule has 2 rings (SSSR count). The number of nitrogens with one attached hydrogen (secondary N) is 1. The van der Waals surface area contributed by atoms with E-state index < -0.39 is 12.5 Å². The van der Waals surface area contributed by atoms with Gasteiger partial charge in [-0.2, -0.15) is 8.78 Å². The van der Waals surface area contributed by atoms with Crippen LogP contribution >= 0.6 is 0 Å². The molecule has 0 aliphatic carbocycles. The monoisotopic (exact) mass is 321 g/mol. The van der Waals surface area contributed by atoms with Gasteiger partial charge in [-0.25, -0.2) is 0 Å². The van der Waals surface area contributed by atoms with Gasteiger partial charge in [0.15, 0.2) is 11.5 Å². The molecule has 0 aromatic heterocycles. The van der Waals surface area contributed by atoms with Gasteiger partial charge in [-0.15, -0.1) is 0 Å². The highest BCUT2D eigenvalue weighted by atomic mass is 19.3. The minimum Gasteiger partial charge on any atom is -0.493 e. The highest BCUT2D eigenvalue weighted by Gasteiger charge is 2.15. The van der Waals surface area contributed by atoms with Crippen LogP contribution in [-0.4, -0.2) is 19.6 Å². The summed E-state index contributed by atoms with van der Waals surface area (Å²) >= 11 is 0. The van der Waals surface area contributed by atoms with Crippen LogP contribution in [0.15, 0.2) is 36.4 Å². The Morgan fingerprint density at radius 1 is 1.09 bits per heavy atom. The van der Waals surface area contributed by atoms with Gasteiger partial charge in [0.05, 0.1) is 7.11 Å². The first-order valence-corrected chi connectivity index (χ1v) is 6.92. The number of carbonyl (C=O) groups is 1. The van der Waals surface area contributed by atoms with Crippen molar-refractivity contribution in [3.8, 4) is 11.5 Å². The third kappa shape index (κ3) is 4.18. The number of anilines is 1. The molecule has 0 aliphatic rings. The molecule has 1 N–H and O–H groups in total. The molecule has 23 heavy (non-hydrogen) atoms. The van der Waals surface area contributed by atoms with Gasteiger partial charge in [0.25, 0.3) is 5.91 Å². The van der Waals surface area contributed by atoms with E-state index in [2.05, 4.69) is 10.1 Å². The molecule has 0 heterocycles. The predicted molar refractivity (Wildman–Crippen MR) is 83.5 cm³/mol. The molecule has 0 fully saturated rings. The van der Waals surface area contributed by atoms with Crippen molar-refractivity contribution >= 4 is 11.6 Å². The summed E-state index contributed by atoms with van der Waals surface area (Å²) in [5.41, 5.74) is 2.85. The smallest absolute Gasteiger partial charge is 0.387 e. The lowest BCUT2D eigenvalue weighted by Gasteiger charge is -2.12. The van der Waals surface area contributed by atoms with Crippen LogP contribution in [-0.2, 0) is 0 Å². The third-order valence-corrected chi connectivity index (χ3v) is 3.27. The lowest BCUT2D eigenvalue weighted by Crippen LogP contribution is -2.13. The second kappa shape index (κ2) is 7.09. The molecule has 0 bridgehead atoms. The summed E-state index contributed by atoms with van der Waals surface area (Å²) in [7, 11) is 1.34. The van der Waals surface area contributed by atoms with Gasteiger partial charge in [-0.3, -0.25) is 4.79 Å². The highest BCUT2D eigenvalue weighted by Crippen LogP contribution is 2.30. The van der Waals surface area contributed by atoms with E-state index in [1.807, 2.05) is 26.0 Å². The number of ether oxygens (including phenoxy) is 2. The first-order valence-electron chi connectivity index (χ1n) is 6.92. The van der Waals surface area contributed by atoms with E-state index in [-0.39, 0.29) is 17.1 Å². The minimum absolute atomic E-state index is 0.133. The third-order valence-electron chi connectivity index (χ3n) is 3.27. The Morgan fingerprint density at radius 3 is 2.43 bits per heavy atom. The Bertz CT molecular complexity index is 717. The fourth-order valence-electron chi connectivity index (χ4n) is 2.15. The average Bonchev–Trinajstić information content (AvgIpc) is 2.49. The van der Waals surface area contributed by atoms with Gasteiger partial charge < -0.3 is 14.8 Å². The van der Waals surface area contributed by atoms with Gasteiger partial charge >= 0.3 is 6.61 Å². The van der Waals surface area contributed by atoms with Gasteiger partial charge in [0.1, 0.15) is 0 Å². The maximum absolute atomic E-state index is 12.4. The maximum atomic E-state index is 12.4. The van der Waals surface area contributed by atoms with Crippen LogP contribution in [0, 0.1) is 13.8 Å². The van der Waals surface area contributed by atoms with Crippen LogP contribution in [0.3, 0.4) is 0 Å². The quantitative estimate of drug-likeness (QED) is 0.899. The highest BCUT2D eigenvalue weighted by molar-refractivity contribution is 6.05. The molecule has 6 heteroatoms. The molecule has 0 atom stereocenters. The lowest BCUT2D eigenvalue weighted by molar-refractivity contribution is -0.0512. The molecule has 4 nitrogen and oxygen atoms in total. The number of amides is 1. The number of benzene rings is 2. The summed E-state index contributed by atoms with van der Waals surface area (Å²) in [5.74, 6) is -0.470. The molecule has 122 valence electrons. The summed E-state index contributed by atoms with van der Waals surface area (Å²) in [4.78, 5) is 12.3. The first kappa shape index (κ1) is 16.7. The van der Waals surface area contributed by atoms with Gasteiger partial charge in [0, 0.05) is 11.3 Å². The van der Waals surface area contributed by atoms with Crippen molar-refractivity contribution in [1.29, 1.82) is 0 Å². The number of hydrogen-bond donors (Lipinski definition) is 1. The van der Waals surface area contributed by atoms with E-state index in [0.29, 0.717) is 5.69 Å². The molecule has 0 saturated heterocycles. The number of hydrogen-bond acceptors (Lipinski definition) is 3.